The zero-order chi connectivity index (χ0) is 27.1. The van der Waals surface area contributed by atoms with Crippen molar-refractivity contribution in [3.8, 4) is 11.8 Å². The van der Waals surface area contributed by atoms with Gasteiger partial charge in [-0.1, -0.05) is 11.8 Å². The maximum absolute atomic E-state index is 12.9. The van der Waals surface area contributed by atoms with E-state index in [9.17, 15) is 28.4 Å². The molecule has 0 bridgehead atoms. The van der Waals surface area contributed by atoms with Gasteiger partial charge >= 0.3 is 29.2 Å². The molecule has 4 N–H and O–H groups in total. The van der Waals surface area contributed by atoms with Gasteiger partial charge in [0.1, 0.15) is 5.56 Å². The molecule has 204 valence electrons. The van der Waals surface area contributed by atoms with Crippen LogP contribution in [0.5, 0.6) is 0 Å². The molecule has 0 aliphatic heterocycles. The predicted molar refractivity (Wildman–Crippen MR) is 124 cm³/mol. The minimum absolute atomic E-state index is 0.0112. The Hall–Kier alpha value is -1.43. The van der Waals surface area contributed by atoms with Crippen molar-refractivity contribution in [1.82, 2.24) is 9.55 Å². The summed E-state index contributed by atoms with van der Waals surface area (Å²) in [5.41, 5.74) is 3.96. The molecule has 0 amide bonds. The van der Waals surface area contributed by atoms with Gasteiger partial charge in [-0.2, -0.15) is 8.62 Å². The number of nitrogens with two attached hydrogens (primary N) is 1. The van der Waals surface area contributed by atoms with E-state index in [1.54, 1.807) is 0 Å². The summed E-state index contributed by atoms with van der Waals surface area (Å²) in [6.45, 7) is -0.423. The molecule has 0 spiro atoms. The van der Waals surface area contributed by atoms with Gasteiger partial charge in [-0.05, 0) is 12.8 Å². The van der Waals surface area contributed by atoms with Crippen LogP contribution in [0.3, 0.4) is 0 Å². The van der Waals surface area contributed by atoms with Crippen LogP contribution < -0.4 is 17.0 Å². The Kier molecular flexibility index (Phi) is 11.0. The summed E-state index contributed by atoms with van der Waals surface area (Å²) in [6.07, 6.45) is 0.489. The molecule has 2 rings (SSSR count). The number of rotatable bonds is 12. The van der Waals surface area contributed by atoms with Crippen LogP contribution in [0.15, 0.2) is 15.8 Å². The number of phosphoric acid groups is 3. The predicted octanol–water partition coefficient (Wildman–Crippen LogP) is 1.12. The molecule has 1 aromatic rings. The van der Waals surface area contributed by atoms with E-state index in [1.807, 2.05) is 0 Å². The van der Waals surface area contributed by atoms with Crippen molar-refractivity contribution in [3.63, 3.8) is 0 Å². The maximum atomic E-state index is 12.9. The van der Waals surface area contributed by atoms with Gasteiger partial charge in [0.25, 0.3) is 5.56 Å². The Morgan fingerprint density at radius 3 is 2.17 bits per heavy atom. The summed E-state index contributed by atoms with van der Waals surface area (Å²) < 4.78 is 71.9. The van der Waals surface area contributed by atoms with E-state index < -0.39 is 59.4 Å². The van der Waals surface area contributed by atoms with Gasteiger partial charge in [-0.25, -0.2) is 18.5 Å². The number of H-pyrrole nitrogens is 1. The van der Waals surface area contributed by atoms with Crippen LogP contribution in [0.2, 0.25) is 0 Å². The molecule has 1 aliphatic carbocycles. The monoisotopic (exact) mass is 575 g/mol. The van der Waals surface area contributed by atoms with Crippen molar-refractivity contribution in [2.24, 2.45) is 11.7 Å². The smallest absolute Gasteiger partial charge is 0.393 e. The first-order valence-electron chi connectivity index (χ1n) is 10.2. The summed E-state index contributed by atoms with van der Waals surface area (Å²) >= 11 is 0. The van der Waals surface area contributed by atoms with Gasteiger partial charge in [-0.15, -0.1) is 0 Å². The number of hydrogen-bond acceptors (Lipinski definition) is 14. The molecule has 36 heavy (non-hydrogen) atoms. The average Bonchev–Trinajstić information content (AvgIpc) is 3.22. The number of aliphatic hydroxyl groups excluding tert-OH is 1. The fourth-order valence-electron chi connectivity index (χ4n) is 3.24. The van der Waals surface area contributed by atoms with Crippen molar-refractivity contribution >= 4 is 23.5 Å². The number of aromatic amines is 1. The third-order valence-corrected chi connectivity index (χ3v) is 10.5. The third kappa shape index (κ3) is 7.79. The highest BCUT2D eigenvalue weighted by Crippen LogP contribution is 2.72. The van der Waals surface area contributed by atoms with Gasteiger partial charge in [-0.3, -0.25) is 37.0 Å². The van der Waals surface area contributed by atoms with Crippen LogP contribution >= 0.6 is 23.5 Å². The second kappa shape index (κ2) is 12.9. The van der Waals surface area contributed by atoms with Crippen LogP contribution in [0.1, 0.15) is 24.4 Å². The van der Waals surface area contributed by atoms with Crippen molar-refractivity contribution in [1.29, 1.82) is 0 Å². The zero-order valence-electron chi connectivity index (χ0n) is 19.9. The Morgan fingerprint density at radius 1 is 1.03 bits per heavy atom. The van der Waals surface area contributed by atoms with Crippen LogP contribution in [0, 0.1) is 17.8 Å². The molecule has 1 saturated carbocycles. The second-order valence-corrected chi connectivity index (χ2v) is 12.9. The first-order chi connectivity index (χ1) is 16.9. The van der Waals surface area contributed by atoms with Crippen molar-refractivity contribution in [2.75, 3.05) is 41.6 Å². The second-order valence-electron chi connectivity index (χ2n) is 7.20. The highest BCUT2D eigenvalue weighted by molar-refractivity contribution is 7.67. The highest BCUT2D eigenvalue weighted by Gasteiger charge is 2.46. The number of aliphatic hydroxyl groups is 1. The van der Waals surface area contributed by atoms with Crippen molar-refractivity contribution in [2.45, 2.75) is 25.0 Å². The van der Waals surface area contributed by atoms with Crippen LogP contribution in [0.25, 0.3) is 0 Å². The van der Waals surface area contributed by atoms with E-state index in [-0.39, 0.29) is 24.9 Å². The van der Waals surface area contributed by atoms with E-state index in [4.69, 9.17) is 19.1 Å². The first kappa shape index (κ1) is 30.8. The minimum Gasteiger partial charge on any atom is -0.393 e. The summed E-state index contributed by atoms with van der Waals surface area (Å²) in [5.74, 6) is 4.40. The molecule has 1 aliphatic rings. The Bertz CT molecular complexity index is 1230. The van der Waals surface area contributed by atoms with Gasteiger partial charge in [0.15, 0.2) is 0 Å². The van der Waals surface area contributed by atoms with Gasteiger partial charge in [0.2, 0.25) is 0 Å². The summed E-state index contributed by atoms with van der Waals surface area (Å²) in [5, 5.41) is 10.5. The zero-order valence-corrected chi connectivity index (χ0v) is 22.5. The SMILES string of the molecule is COP(=O)(OC)OP(=O)(OC)OP(=O)(OC)OC[C@H]1C[C@@H](n2cc(C#CCN)c(=O)[nH]c2=O)CC1O. The van der Waals surface area contributed by atoms with Crippen LogP contribution in [-0.2, 0) is 44.9 Å². The molecule has 0 saturated heterocycles. The van der Waals surface area contributed by atoms with Gasteiger partial charge in [0, 0.05) is 46.6 Å². The molecule has 1 fully saturated rings. The lowest BCUT2D eigenvalue weighted by Crippen LogP contribution is -2.33. The van der Waals surface area contributed by atoms with E-state index in [0.29, 0.717) is 0 Å². The number of phosphoric ester groups is 2. The molecule has 1 heterocycles. The summed E-state index contributed by atoms with van der Waals surface area (Å²) in [4.78, 5) is 26.4. The lowest BCUT2D eigenvalue weighted by atomic mass is 10.1. The third-order valence-electron chi connectivity index (χ3n) is 5.06. The van der Waals surface area contributed by atoms with Crippen LogP contribution in [0.4, 0.5) is 0 Å². The maximum Gasteiger partial charge on any atom is 0.492 e. The quantitative estimate of drug-likeness (QED) is 0.235. The molecular weight excluding hydrogens is 547 g/mol. The molecule has 0 aromatic carbocycles. The van der Waals surface area contributed by atoms with E-state index in [1.165, 1.54) is 10.8 Å². The lowest BCUT2D eigenvalue weighted by Gasteiger charge is -2.24. The Labute approximate surface area is 206 Å². The minimum atomic E-state index is -4.85. The van der Waals surface area contributed by atoms with E-state index >= 15 is 0 Å². The molecule has 3 unspecified atom stereocenters. The first-order valence-corrected chi connectivity index (χ1v) is 14.6. The van der Waals surface area contributed by atoms with Crippen molar-refractivity contribution < 1.29 is 50.0 Å². The number of aromatic nitrogens is 2. The highest BCUT2D eigenvalue weighted by atomic mass is 31.3. The lowest BCUT2D eigenvalue weighted by molar-refractivity contribution is 0.0778. The van der Waals surface area contributed by atoms with E-state index in [0.717, 1.165) is 28.4 Å². The van der Waals surface area contributed by atoms with E-state index in [2.05, 4.69) is 34.7 Å². The topological polar surface area (TPSA) is 217 Å². The fraction of sp³-hybridized carbons (Fsp3) is 0.647. The van der Waals surface area contributed by atoms with Crippen LogP contribution in [-0.4, -0.2) is 62.4 Å². The molecule has 16 nitrogen and oxygen atoms in total. The number of nitrogens with one attached hydrogen (secondary N) is 1. The Morgan fingerprint density at radius 2 is 1.61 bits per heavy atom. The largest absolute Gasteiger partial charge is 0.492 e. The standard InChI is InChI=1S/C17H28N3O13P3/c1-27-34(24,28-2)32-36(26,30-4)33-35(25,29-3)31-11-13-8-14(9-15(13)21)20-10-12(6-5-7-18)16(22)19-17(20)23/h10,13-15,21H,7-9,11,18H2,1-4H3,(H,19,22,23)/t13-,14-,15?,35?,36?/m1/s1. The number of hydrogen-bond donors (Lipinski definition) is 3. The molecule has 19 heteroatoms. The normalized spacial score (nSPS) is 23.4. The van der Waals surface area contributed by atoms with Gasteiger partial charge in [0.05, 0.1) is 19.3 Å². The number of nitrogens with zero attached hydrogens (tertiary/aromatic N) is 1. The molecule has 1 aromatic heterocycles. The summed E-state index contributed by atoms with van der Waals surface area (Å²) in [7, 11) is -10.2. The average molecular weight is 575 g/mol. The summed E-state index contributed by atoms with van der Waals surface area (Å²) in [6, 6.07) is -0.568. The molecule has 5 atom stereocenters. The van der Waals surface area contributed by atoms with Gasteiger partial charge < -0.3 is 10.8 Å². The van der Waals surface area contributed by atoms with Crippen molar-refractivity contribution in [3.05, 3.63) is 32.6 Å². The Balaban J connectivity index is 2.16. The molecule has 0 radical (unpaired) electrons. The molecular formula is C17H28N3O13P3. The fourth-order valence-corrected chi connectivity index (χ4v) is 7.73.